The van der Waals surface area contributed by atoms with Crippen LogP contribution >= 0.6 is 0 Å². The van der Waals surface area contributed by atoms with Crippen LogP contribution in [0.15, 0.2) is 60.4 Å². The van der Waals surface area contributed by atoms with E-state index in [0.29, 0.717) is 29.1 Å². The van der Waals surface area contributed by atoms with Crippen LogP contribution in [0.2, 0.25) is 0 Å². The summed E-state index contributed by atoms with van der Waals surface area (Å²) in [6.07, 6.45) is 13.3. The molecule has 0 aromatic carbocycles. The number of pyridine rings is 1. The van der Waals surface area contributed by atoms with Gasteiger partial charge < -0.3 is 20.8 Å². The number of rotatable bonds is 8. The largest absolute Gasteiger partial charge is 0.457 e. The first-order valence-electron chi connectivity index (χ1n) is 13.8. The lowest BCUT2D eigenvalue weighted by Gasteiger charge is -2.43. The minimum atomic E-state index is 0.0171. The van der Waals surface area contributed by atoms with Crippen LogP contribution in [0.5, 0.6) is 5.75 Å². The summed E-state index contributed by atoms with van der Waals surface area (Å²) in [4.78, 5) is 4.64. The lowest BCUT2D eigenvalue weighted by molar-refractivity contribution is 0.181. The molecule has 3 fully saturated rings. The number of allylic oxidation sites excluding steroid dienone is 2. The van der Waals surface area contributed by atoms with Gasteiger partial charge in [-0.25, -0.2) is 9.50 Å². The molecule has 9 heteroatoms. The maximum atomic E-state index is 8.09. The molecule has 1 aliphatic carbocycles. The summed E-state index contributed by atoms with van der Waals surface area (Å²) in [7, 11) is 1.77. The zero-order valence-corrected chi connectivity index (χ0v) is 23.5. The van der Waals surface area contributed by atoms with Gasteiger partial charge in [-0.1, -0.05) is 19.9 Å². The van der Waals surface area contributed by atoms with Gasteiger partial charge in [0.1, 0.15) is 28.8 Å². The van der Waals surface area contributed by atoms with Crippen molar-refractivity contribution in [2.75, 3.05) is 24.3 Å². The zero-order chi connectivity index (χ0) is 27.2. The molecule has 4 N–H and O–H groups in total. The first-order chi connectivity index (χ1) is 18.5. The highest BCUT2D eigenvalue weighted by atomic mass is 16.5. The topological polar surface area (TPSA) is 104 Å². The van der Waals surface area contributed by atoms with Gasteiger partial charge in [0.15, 0.2) is 5.82 Å². The van der Waals surface area contributed by atoms with Crippen molar-refractivity contribution in [1.29, 1.82) is 5.41 Å². The van der Waals surface area contributed by atoms with Gasteiger partial charge in [-0.3, -0.25) is 10.1 Å². The monoisotopic (exact) mass is 518 g/mol. The molecule has 0 radical (unpaired) electrons. The average molecular weight is 519 g/mol. The third kappa shape index (κ3) is 5.78. The highest BCUT2D eigenvalue weighted by molar-refractivity contribution is 5.73. The van der Waals surface area contributed by atoms with E-state index < -0.39 is 0 Å². The highest BCUT2D eigenvalue weighted by Crippen LogP contribution is 2.43. The summed E-state index contributed by atoms with van der Waals surface area (Å²) in [6.45, 7) is 11.2. The Morgan fingerprint density at radius 3 is 2.71 bits per heavy atom. The Balaban J connectivity index is 0.00000164. The average Bonchev–Trinajstić information content (AvgIpc) is 3.38. The first-order valence-corrected chi connectivity index (χ1v) is 13.8. The van der Waals surface area contributed by atoms with Gasteiger partial charge in [0.2, 0.25) is 0 Å². The molecule has 2 bridgehead atoms. The number of nitrogens with one attached hydrogen (secondary N) is 4. The van der Waals surface area contributed by atoms with E-state index >= 15 is 0 Å². The molecule has 2 saturated heterocycles. The smallest absolute Gasteiger partial charge is 0.154 e. The summed E-state index contributed by atoms with van der Waals surface area (Å²) >= 11 is 0. The maximum Gasteiger partial charge on any atom is 0.154 e. The van der Waals surface area contributed by atoms with Crippen LogP contribution in [-0.4, -0.2) is 45.0 Å². The van der Waals surface area contributed by atoms with Crippen molar-refractivity contribution in [2.45, 2.75) is 71.9 Å². The van der Waals surface area contributed by atoms with Gasteiger partial charge in [-0.2, -0.15) is 5.10 Å². The molecule has 3 aliphatic rings. The standard InChI is InChI=1S/C27H36N8O.C2H6/c1-5-24(36-21-8-10-34(29-4)25(28)14-21)17(2)12-18(3)33-27-26-22(9-11-35(26)32-16-31-27)23-13-20-7-6-19(23)15-30-20;1-2/h5,8-12,14,16,18-20,23,28-30H,6-7,13,15H2,1-4H3,(H,31,32,33);1-2H3/b17-12-,24-5+,28-25?;. The molecule has 1 saturated carbocycles. The van der Waals surface area contributed by atoms with Gasteiger partial charge in [-0.15, -0.1) is 0 Å². The van der Waals surface area contributed by atoms with Gasteiger partial charge in [0, 0.05) is 37.6 Å². The summed E-state index contributed by atoms with van der Waals surface area (Å²) < 4.78 is 9.68. The molecule has 9 nitrogen and oxygen atoms in total. The molecule has 5 heterocycles. The Morgan fingerprint density at radius 2 is 2.08 bits per heavy atom. The fourth-order valence-corrected chi connectivity index (χ4v) is 5.69. The van der Waals surface area contributed by atoms with Crippen LogP contribution in [0.1, 0.15) is 65.4 Å². The van der Waals surface area contributed by atoms with E-state index in [4.69, 9.17) is 10.1 Å². The fraction of sp³-hybridized carbons (Fsp3) is 0.483. The molecule has 6 rings (SSSR count). The third-order valence-corrected chi connectivity index (χ3v) is 7.46. The highest BCUT2D eigenvalue weighted by Gasteiger charge is 2.37. The molecule has 204 valence electrons. The summed E-state index contributed by atoms with van der Waals surface area (Å²) in [5, 5.41) is 19.8. The summed E-state index contributed by atoms with van der Waals surface area (Å²) in [6, 6.07) is 6.40. The zero-order valence-electron chi connectivity index (χ0n) is 23.5. The molecular weight excluding hydrogens is 476 g/mol. The first kappa shape index (κ1) is 27.4. The van der Waals surface area contributed by atoms with E-state index in [1.54, 1.807) is 30.3 Å². The number of hydrogen-bond acceptors (Lipinski definition) is 7. The number of ether oxygens (including phenoxy) is 1. The summed E-state index contributed by atoms with van der Waals surface area (Å²) in [5.41, 5.74) is 6.69. The number of anilines is 1. The van der Waals surface area contributed by atoms with Crippen molar-refractivity contribution in [3.05, 3.63) is 71.5 Å². The molecule has 4 unspecified atom stereocenters. The van der Waals surface area contributed by atoms with E-state index in [2.05, 4.69) is 51.4 Å². The lowest BCUT2D eigenvalue weighted by atomic mass is 9.70. The fourth-order valence-electron chi connectivity index (χ4n) is 5.69. The van der Waals surface area contributed by atoms with Crippen molar-refractivity contribution in [2.24, 2.45) is 5.92 Å². The second-order valence-corrected chi connectivity index (χ2v) is 9.84. The maximum absolute atomic E-state index is 8.09. The molecular formula is C29H42N8O. The molecule has 3 aromatic heterocycles. The van der Waals surface area contributed by atoms with E-state index in [0.717, 1.165) is 29.2 Å². The van der Waals surface area contributed by atoms with Gasteiger partial charge in [0.05, 0.1) is 0 Å². The van der Waals surface area contributed by atoms with Gasteiger partial charge >= 0.3 is 0 Å². The minimum Gasteiger partial charge on any atom is -0.457 e. The Labute approximate surface area is 225 Å². The number of nitrogens with zero attached hydrogens (tertiary/aromatic N) is 4. The van der Waals surface area contributed by atoms with E-state index in [9.17, 15) is 0 Å². The molecule has 4 atom stereocenters. The van der Waals surface area contributed by atoms with Crippen LogP contribution in [0, 0.1) is 11.3 Å². The van der Waals surface area contributed by atoms with E-state index in [1.807, 2.05) is 44.4 Å². The van der Waals surface area contributed by atoms with Crippen molar-refractivity contribution in [3.63, 3.8) is 0 Å². The number of hydrogen-bond donors (Lipinski definition) is 4. The lowest BCUT2D eigenvalue weighted by Crippen LogP contribution is -2.48. The molecule has 3 aromatic rings. The second kappa shape index (κ2) is 12.3. The third-order valence-electron chi connectivity index (χ3n) is 7.46. The van der Waals surface area contributed by atoms with Gasteiger partial charge in [-0.05, 0) is 87.8 Å². The van der Waals surface area contributed by atoms with Crippen LogP contribution in [-0.2, 0) is 0 Å². The Morgan fingerprint density at radius 1 is 1.26 bits per heavy atom. The van der Waals surface area contributed by atoms with E-state index in [1.165, 1.54) is 24.8 Å². The molecule has 0 amide bonds. The van der Waals surface area contributed by atoms with E-state index in [-0.39, 0.29) is 6.04 Å². The Bertz CT molecular complexity index is 1350. The molecule has 38 heavy (non-hydrogen) atoms. The predicted octanol–water partition coefficient (Wildman–Crippen LogP) is 4.79. The predicted molar refractivity (Wildman–Crippen MR) is 153 cm³/mol. The number of aromatic nitrogens is 4. The van der Waals surface area contributed by atoms with Crippen molar-refractivity contribution < 1.29 is 4.74 Å². The molecule has 2 aliphatic heterocycles. The van der Waals surface area contributed by atoms with Crippen molar-refractivity contribution in [3.8, 4) is 5.75 Å². The SMILES string of the molecule is C/C=C(Oc1ccn(NC)c(=N)c1)\C(C)=C/C(C)Nc1ncnn2ccc(C3CC4CCC3CN4)c12.CC. The Hall–Kier alpha value is -3.59. The minimum absolute atomic E-state index is 0.0171. The van der Waals surface area contributed by atoms with Gasteiger partial charge in [0.25, 0.3) is 0 Å². The quantitative estimate of drug-likeness (QED) is 0.252. The molecule has 0 spiro atoms. The van der Waals surface area contributed by atoms with Crippen LogP contribution < -0.4 is 26.3 Å². The number of fused-ring (bicyclic) bond motifs is 4. The number of piperidine rings is 2. The van der Waals surface area contributed by atoms with Crippen molar-refractivity contribution >= 4 is 11.3 Å². The van der Waals surface area contributed by atoms with Crippen LogP contribution in [0.3, 0.4) is 0 Å². The summed E-state index contributed by atoms with van der Waals surface area (Å²) in [5.74, 6) is 3.46. The van der Waals surface area contributed by atoms with Crippen molar-refractivity contribution in [1.82, 2.24) is 24.6 Å². The normalized spacial score (nSPS) is 22.0. The van der Waals surface area contributed by atoms with Crippen LogP contribution in [0.4, 0.5) is 5.82 Å². The Kier molecular flexibility index (Phi) is 8.89. The van der Waals surface area contributed by atoms with Crippen LogP contribution in [0.25, 0.3) is 5.52 Å². The second-order valence-electron chi connectivity index (χ2n) is 9.84.